The molecule has 2 saturated heterocycles. The topological polar surface area (TPSA) is 71.0 Å². The lowest BCUT2D eigenvalue weighted by Crippen LogP contribution is -2.55. The smallest absolute Gasteiger partial charge is 0.139 e. The lowest BCUT2D eigenvalue weighted by atomic mass is 10.0. The number of likely N-dealkylation sites (tertiary alicyclic amines) is 1. The summed E-state index contributed by atoms with van der Waals surface area (Å²) in [6.45, 7) is 4.90. The molecular formula is C22H27FN6O. The van der Waals surface area contributed by atoms with Crippen molar-refractivity contribution in [1.82, 2.24) is 24.6 Å². The maximum atomic E-state index is 15.0. The largest absolute Gasteiger partial charge is 0.381 e. The Morgan fingerprint density at radius 1 is 1.23 bits per heavy atom. The highest BCUT2D eigenvalue weighted by Crippen LogP contribution is 2.39. The molecule has 3 aromatic heterocycles. The SMILES string of the molecule is Cc1c[nH]c2ncc(-c3cnn([C@H]4CCN(C5COC5)C[C@@H]4F)c3)c(NC3CC3)c12. The molecule has 2 N–H and O–H groups in total. The maximum Gasteiger partial charge on any atom is 0.139 e. The van der Waals surface area contributed by atoms with E-state index in [4.69, 9.17) is 4.74 Å². The molecular weight excluding hydrogens is 383 g/mol. The zero-order chi connectivity index (χ0) is 20.2. The van der Waals surface area contributed by atoms with Crippen LogP contribution in [0.25, 0.3) is 22.2 Å². The zero-order valence-corrected chi connectivity index (χ0v) is 17.1. The van der Waals surface area contributed by atoms with E-state index in [0.717, 1.165) is 54.0 Å². The Kier molecular flexibility index (Phi) is 4.31. The van der Waals surface area contributed by atoms with E-state index in [2.05, 4.69) is 32.2 Å². The number of aromatic nitrogens is 4. The van der Waals surface area contributed by atoms with Gasteiger partial charge in [-0.1, -0.05) is 0 Å². The lowest BCUT2D eigenvalue weighted by molar-refractivity contribution is -0.0847. The van der Waals surface area contributed by atoms with E-state index < -0.39 is 6.17 Å². The summed E-state index contributed by atoms with van der Waals surface area (Å²) in [5, 5.41) is 9.39. The average molecular weight is 410 g/mol. The predicted octanol–water partition coefficient (Wildman–Crippen LogP) is 3.29. The fraction of sp³-hybridized carbons (Fsp3) is 0.545. The minimum atomic E-state index is -0.927. The van der Waals surface area contributed by atoms with Gasteiger partial charge in [-0.25, -0.2) is 9.37 Å². The van der Waals surface area contributed by atoms with Gasteiger partial charge in [-0.2, -0.15) is 5.10 Å². The minimum Gasteiger partial charge on any atom is -0.381 e. The highest BCUT2D eigenvalue weighted by atomic mass is 19.1. The lowest BCUT2D eigenvalue weighted by Gasteiger charge is -2.42. The quantitative estimate of drug-likeness (QED) is 0.675. The van der Waals surface area contributed by atoms with Crippen LogP contribution in [0.15, 0.2) is 24.8 Å². The zero-order valence-electron chi connectivity index (χ0n) is 17.1. The van der Waals surface area contributed by atoms with Gasteiger partial charge in [-0.15, -0.1) is 0 Å². The summed E-state index contributed by atoms with van der Waals surface area (Å²) in [5.41, 5.74) is 5.18. The Hall–Kier alpha value is -2.45. The van der Waals surface area contributed by atoms with Gasteiger partial charge in [0.15, 0.2) is 0 Å². The van der Waals surface area contributed by atoms with E-state index in [1.54, 1.807) is 0 Å². The number of nitrogens with zero attached hydrogens (tertiary/aromatic N) is 4. The van der Waals surface area contributed by atoms with Gasteiger partial charge in [0.25, 0.3) is 0 Å². The van der Waals surface area contributed by atoms with Gasteiger partial charge in [-0.05, 0) is 31.7 Å². The third-order valence-electron chi connectivity index (χ3n) is 6.75. The Labute approximate surface area is 174 Å². The second-order valence-electron chi connectivity index (χ2n) is 8.93. The number of aryl methyl sites for hydroxylation is 1. The van der Waals surface area contributed by atoms with Crippen LogP contribution in [0.3, 0.4) is 0 Å². The molecule has 0 spiro atoms. The standard InChI is InChI=1S/C22H27FN6O/c1-13-6-24-22-20(13)21(27-15-2-3-15)17(8-25-22)14-7-26-29(9-14)19-4-5-28(10-18(19)23)16-11-30-12-16/h6-9,15-16,18-19H,2-5,10-12H2,1H3,(H2,24,25,27)/t18-,19-/m0/s1. The molecule has 5 heterocycles. The second-order valence-corrected chi connectivity index (χ2v) is 8.93. The Bertz CT molecular complexity index is 1070. The number of nitrogens with one attached hydrogen (secondary N) is 2. The molecule has 8 heteroatoms. The van der Waals surface area contributed by atoms with Crippen molar-refractivity contribution in [2.24, 2.45) is 0 Å². The molecule has 2 aliphatic heterocycles. The van der Waals surface area contributed by atoms with Gasteiger partial charge in [0.2, 0.25) is 0 Å². The van der Waals surface area contributed by atoms with E-state index in [-0.39, 0.29) is 6.04 Å². The van der Waals surface area contributed by atoms with Crippen molar-refractivity contribution in [3.05, 3.63) is 30.4 Å². The fourth-order valence-electron chi connectivity index (χ4n) is 4.69. The van der Waals surface area contributed by atoms with Crippen LogP contribution in [0.5, 0.6) is 0 Å². The number of alkyl halides is 1. The van der Waals surface area contributed by atoms with Crippen molar-refractivity contribution in [1.29, 1.82) is 0 Å². The number of aromatic amines is 1. The Morgan fingerprint density at radius 3 is 2.83 bits per heavy atom. The van der Waals surface area contributed by atoms with E-state index in [9.17, 15) is 0 Å². The number of halogens is 1. The first-order valence-corrected chi connectivity index (χ1v) is 10.9. The summed E-state index contributed by atoms with van der Waals surface area (Å²) in [5.74, 6) is 0. The van der Waals surface area contributed by atoms with Crippen LogP contribution in [0.4, 0.5) is 10.1 Å². The summed E-state index contributed by atoms with van der Waals surface area (Å²) >= 11 is 0. The third kappa shape index (κ3) is 3.09. The molecule has 0 bridgehead atoms. The molecule has 0 unspecified atom stereocenters. The molecule has 158 valence electrons. The number of hydrogen-bond donors (Lipinski definition) is 2. The molecule has 3 fully saturated rings. The number of hydrogen-bond acceptors (Lipinski definition) is 5. The number of anilines is 1. The van der Waals surface area contributed by atoms with Crippen LogP contribution in [0.1, 0.15) is 30.9 Å². The number of ether oxygens (including phenoxy) is 1. The molecule has 0 aromatic carbocycles. The Morgan fingerprint density at radius 2 is 2.10 bits per heavy atom. The fourth-order valence-corrected chi connectivity index (χ4v) is 4.69. The summed E-state index contributed by atoms with van der Waals surface area (Å²) in [6, 6.07) is 0.686. The summed E-state index contributed by atoms with van der Waals surface area (Å²) in [7, 11) is 0. The molecule has 1 aliphatic carbocycles. The van der Waals surface area contributed by atoms with Gasteiger partial charge in [-0.3, -0.25) is 9.58 Å². The predicted molar refractivity (Wildman–Crippen MR) is 113 cm³/mol. The first kappa shape index (κ1) is 18.3. The molecule has 3 aromatic rings. The third-order valence-corrected chi connectivity index (χ3v) is 6.75. The number of pyridine rings is 1. The van der Waals surface area contributed by atoms with E-state index in [0.29, 0.717) is 18.6 Å². The van der Waals surface area contributed by atoms with Gasteiger partial charge >= 0.3 is 0 Å². The summed E-state index contributed by atoms with van der Waals surface area (Å²) in [4.78, 5) is 10.1. The highest BCUT2D eigenvalue weighted by Gasteiger charge is 2.36. The Balaban J connectivity index is 1.30. The number of fused-ring (bicyclic) bond motifs is 1. The molecule has 3 aliphatic rings. The normalized spacial score (nSPS) is 25.5. The summed E-state index contributed by atoms with van der Waals surface area (Å²) < 4.78 is 22.1. The van der Waals surface area contributed by atoms with Crippen LogP contribution in [0.2, 0.25) is 0 Å². The molecule has 1 saturated carbocycles. The van der Waals surface area contributed by atoms with Crippen molar-refractivity contribution < 1.29 is 9.13 Å². The van der Waals surface area contributed by atoms with E-state index in [1.165, 1.54) is 18.4 Å². The first-order chi connectivity index (χ1) is 14.7. The van der Waals surface area contributed by atoms with Gasteiger partial charge < -0.3 is 15.0 Å². The van der Waals surface area contributed by atoms with Crippen molar-refractivity contribution in [3.8, 4) is 11.1 Å². The monoisotopic (exact) mass is 410 g/mol. The van der Waals surface area contributed by atoms with Crippen molar-refractivity contribution in [2.75, 3.05) is 31.6 Å². The molecule has 7 nitrogen and oxygen atoms in total. The molecule has 30 heavy (non-hydrogen) atoms. The van der Waals surface area contributed by atoms with Crippen molar-refractivity contribution in [2.45, 2.75) is 50.5 Å². The average Bonchev–Trinajstić information content (AvgIpc) is 3.23. The van der Waals surface area contributed by atoms with Gasteiger partial charge in [0.05, 0.1) is 37.2 Å². The van der Waals surface area contributed by atoms with Crippen LogP contribution in [-0.4, -0.2) is 69.2 Å². The number of piperidine rings is 1. The second kappa shape index (κ2) is 7.06. The van der Waals surface area contributed by atoms with E-state index >= 15 is 4.39 Å². The molecule has 0 radical (unpaired) electrons. The van der Waals surface area contributed by atoms with Crippen LogP contribution in [-0.2, 0) is 4.74 Å². The first-order valence-electron chi connectivity index (χ1n) is 10.9. The van der Waals surface area contributed by atoms with Crippen molar-refractivity contribution in [3.63, 3.8) is 0 Å². The summed E-state index contributed by atoms with van der Waals surface area (Å²) in [6.07, 6.45) is 9.96. The van der Waals surface area contributed by atoms with Gasteiger partial charge in [0, 0.05) is 54.2 Å². The van der Waals surface area contributed by atoms with E-state index in [1.807, 2.05) is 29.5 Å². The van der Waals surface area contributed by atoms with Crippen molar-refractivity contribution >= 4 is 16.7 Å². The molecule has 2 atom stereocenters. The van der Waals surface area contributed by atoms with Gasteiger partial charge in [0.1, 0.15) is 11.8 Å². The van der Waals surface area contributed by atoms with Crippen LogP contribution >= 0.6 is 0 Å². The molecule has 0 amide bonds. The minimum absolute atomic E-state index is 0.221. The number of H-pyrrole nitrogens is 1. The maximum absolute atomic E-state index is 15.0. The highest BCUT2D eigenvalue weighted by molar-refractivity contribution is 6.00. The number of rotatable bonds is 5. The van der Waals surface area contributed by atoms with Crippen LogP contribution in [0, 0.1) is 6.92 Å². The van der Waals surface area contributed by atoms with Crippen LogP contribution < -0.4 is 5.32 Å². The molecule has 6 rings (SSSR count).